The maximum atomic E-state index is 12.7. The minimum atomic E-state index is -0.852. The zero-order valence-corrected chi connectivity index (χ0v) is 17.3. The highest BCUT2D eigenvalue weighted by Crippen LogP contribution is 2.37. The Kier molecular flexibility index (Phi) is 6.24. The van der Waals surface area contributed by atoms with Gasteiger partial charge in [-0.1, -0.05) is 91.0 Å². The fourth-order valence-electron chi connectivity index (χ4n) is 3.78. The molecule has 0 aliphatic heterocycles. The van der Waals surface area contributed by atoms with E-state index in [-0.39, 0.29) is 12.3 Å². The van der Waals surface area contributed by atoms with Gasteiger partial charge in [-0.3, -0.25) is 0 Å². The topological polar surface area (TPSA) is 64.3 Å². The molecule has 0 saturated carbocycles. The molecule has 1 aromatic heterocycles. The third-order valence-corrected chi connectivity index (χ3v) is 5.19. The number of hydrogen-bond donors (Lipinski definition) is 1. The van der Waals surface area contributed by atoms with Gasteiger partial charge < -0.3 is 14.4 Å². The quantitative estimate of drug-likeness (QED) is 0.432. The van der Waals surface area contributed by atoms with Crippen molar-refractivity contribution in [2.45, 2.75) is 19.1 Å². The lowest BCUT2D eigenvalue weighted by molar-refractivity contribution is 0.0520. The first-order valence-corrected chi connectivity index (χ1v) is 10.3. The summed E-state index contributed by atoms with van der Waals surface area (Å²) in [6.45, 7) is 2.03. The molecule has 0 amide bonds. The number of carbonyl (C=O) groups excluding carboxylic acids is 1. The highest BCUT2D eigenvalue weighted by molar-refractivity contribution is 5.94. The van der Waals surface area contributed by atoms with Crippen molar-refractivity contribution in [2.75, 3.05) is 6.61 Å². The van der Waals surface area contributed by atoms with Crippen molar-refractivity contribution < 1.29 is 14.6 Å². The average Bonchev–Trinajstić information content (AvgIpc) is 3.26. The minimum absolute atomic E-state index is 0.231. The number of benzene rings is 3. The molecule has 0 unspecified atom stereocenters. The maximum Gasteiger partial charge on any atom is 0.359 e. The maximum absolute atomic E-state index is 12.7. The summed E-state index contributed by atoms with van der Waals surface area (Å²) in [5.41, 5.74) is 3.35. The van der Waals surface area contributed by atoms with Crippen molar-refractivity contribution in [3.05, 3.63) is 114 Å². The van der Waals surface area contributed by atoms with Crippen LogP contribution >= 0.6 is 0 Å². The summed E-state index contributed by atoms with van der Waals surface area (Å²) in [5.74, 6) is -0.485. The number of aromatic nitrogens is 2. The Morgan fingerprint density at radius 3 is 2.03 bits per heavy atom. The number of aliphatic hydroxyl groups is 1. The molecule has 0 aliphatic carbocycles. The van der Waals surface area contributed by atoms with Crippen molar-refractivity contribution in [2.24, 2.45) is 0 Å². The SMILES string of the molecule is CCOC(=O)c1ncn([C@H](c2ccccc2)[C@@H](O)c2ccccc2)c1-c1ccccc1. The molecule has 4 rings (SSSR count). The summed E-state index contributed by atoms with van der Waals surface area (Å²) < 4.78 is 7.13. The number of aliphatic hydroxyl groups excluding tert-OH is 1. The van der Waals surface area contributed by atoms with E-state index in [1.165, 1.54) is 0 Å². The van der Waals surface area contributed by atoms with E-state index < -0.39 is 18.1 Å². The molecule has 0 radical (unpaired) electrons. The van der Waals surface area contributed by atoms with Crippen LogP contribution in [0, 0.1) is 0 Å². The summed E-state index contributed by atoms with van der Waals surface area (Å²) in [5, 5.41) is 11.4. The second kappa shape index (κ2) is 9.41. The first kappa shape index (κ1) is 20.6. The first-order valence-electron chi connectivity index (χ1n) is 10.3. The molecule has 0 saturated heterocycles. The number of rotatable bonds is 7. The second-order valence-corrected chi connectivity index (χ2v) is 7.15. The lowest BCUT2D eigenvalue weighted by atomic mass is 9.94. The molecule has 1 heterocycles. The number of nitrogens with zero attached hydrogens (tertiary/aromatic N) is 2. The van der Waals surface area contributed by atoms with Crippen LogP contribution in [0.3, 0.4) is 0 Å². The molecule has 2 atom stereocenters. The van der Waals surface area contributed by atoms with Gasteiger partial charge in [-0.2, -0.15) is 0 Å². The second-order valence-electron chi connectivity index (χ2n) is 7.15. The molecule has 0 aliphatic rings. The van der Waals surface area contributed by atoms with Gasteiger partial charge in [0, 0.05) is 5.56 Å². The van der Waals surface area contributed by atoms with Gasteiger partial charge in [0.2, 0.25) is 0 Å². The normalized spacial score (nSPS) is 12.8. The summed E-state index contributed by atoms with van der Waals surface area (Å²) in [6, 6.07) is 28.3. The molecule has 1 N–H and O–H groups in total. The number of carbonyl (C=O) groups is 1. The van der Waals surface area contributed by atoms with Crippen LogP contribution in [0.1, 0.15) is 40.7 Å². The van der Waals surface area contributed by atoms with Crippen LogP contribution in [0.4, 0.5) is 0 Å². The third kappa shape index (κ3) is 4.27. The van der Waals surface area contributed by atoms with Crippen molar-refractivity contribution >= 4 is 5.97 Å². The van der Waals surface area contributed by atoms with Crippen molar-refractivity contribution in [3.63, 3.8) is 0 Å². The smallest absolute Gasteiger partial charge is 0.359 e. The van der Waals surface area contributed by atoms with Crippen molar-refractivity contribution in [3.8, 4) is 11.3 Å². The minimum Gasteiger partial charge on any atom is -0.461 e. The van der Waals surface area contributed by atoms with E-state index in [1.54, 1.807) is 13.3 Å². The van der Waals surface area contributed by atoms with Gasteiger partial charge in [0.25, 0.3) is 0 Å². The van der Waals surface area contributed by atoms with Crippen LogP contribution in [0.15, 0.2) is 97.3 Å². The van der Waals surface area contributed by atoms with E-state index in [4.69, 9.17) is 4.74 Å². The van der Waals surface area contributed by atoms with E-state index >= 15 is 0 Å². The largest absolute Gasteiger partial charge is 0.461 e. The predicted octanol–water partition coefficient (Wildman–Crippen LogP) is 5.05. The van der Waals surface area contributed by atoms with Gasteiger partial charge in [-0.15, -0.1) is 0 Å². The van der Waals surface area contributed by atoms with E-state index in [0.717, 1.165) is 16.7 Å². The van der Waals surface area contributed by atoms with Gasteiger partial charge >= 0.3 is 5.97 Å². The molecule has 0 fully saturated rings. The highest BCUT2D eigenvalue weighted by atomic mass is 16.5. The molecule has 4 aromatic rings. The molecule has 5 nitrogen and oxygen atoms in total. The molecule has 156 valence electrons. The molecule has 3 aromatic carbocycles. The standard InChI is InChI=1S/C26H24N2O3/c1-2-31-26(30)22-23(19-12-6-3-7-13-19)28(18-27-22)24(20-14-8-4-9-15-20)25(29)21-16-10-5-11-17-21/h3-18,24-25,29H,2H2,1H3/t24-,25+/m1/s1. The Bertz CT molecular complexity index is 1130. The monoisotopic (exact) mass is 412 g/mol. The Balaban J connectivity index is 1.92. The van der Waals surface area contributed by atoms with Crippen LogP contribution in [0.2, 0.25) is 0 Å². The molecular weight excluding hydrogens is 388 g/mol. The van der Waals surface area contributed by atoms with E-state index in [0.29, 0.717) is 5.69 Å². The Morgan fingerprint density at radius 1 is 0.903 bits per heavy atom. The number of imidazole rings is 1. The number of ether oxygens (including phenoxy) is 1. The zero-order valence-electron chi connectivity index (χ0n) is 17.3. The van der Waals surface area contributed by atoms with E-state index in [1.807, 2.05) is 95.6 Å². The molecule has 0 bridgehead atoms. The summed E-state index contributed by atoms with van der Waals surface area (Å²) in [6.07, 6.45) is 0.758. The lowest BCUT2D eigenvalue weighted by Crippen LogP contribution is -2.20. The van der Waals surface area contributed by atoms with Gasteiger partial charge in [0.1, 0.15) is 6.10 Å². The molecule has 0 spiro atoms. The summed E-state index contributed by atoms with van der Waals surface area (Å²) in [4.78, 5) is 17.1. The third-order valence-electron chi connectivity index (χ3n) is 5.19. The first-order chi connectivity index (χ1) is 15.2. The zero-order chi connectivity index (χ0) is 21.6. The van der Waals surface area contributed by atoms with Gasteiger partial charge in [-0.05, 0) is 18.1 Å². The molecule has 5 heteroatoms. The van der Waals surface area contributed by atoms with Gasteiger partial charge in [-0.25, -0.2) is 9.78 Å². The predicted molar refractivity (Wildman–Crippen MR) is 120 cm³/mol. The van der Waals surface area contributed by atoms with Crippen LogP contribution in [0.5, 0.6) is 0 Å². The Morgan fingerprint density at radius 2 is 1.45 bits per heavy atom. The van der Waals surface area contributed by atoms with Crippen LogP contribution in [-0.2, 0) is 4.74 Å². The highest BCUT2D eigenvalue weighted by Gasteiger charge is 2.30. The van der Waals surface area contributed by atoms with Crippen molar-refractivity contribution in [1.82, 2.24) is 9.55 Å². The Hall–Kier alpha value is -3.70. The average molecular weight is 412 g/mol. The lowest BCUT2D eigenvalue weighted by Gasteiger charge is -2.27. The van der Waals surface area contributed by atoms with E-state index in [9.17, 15) is 9.90 Å². The summed E-state index contributed by atoms with van der Waals surface area (Å²) >= 11 is 0. The van der Waals surface area contributed by atoms with Gasteiger partial charge in [0.05, 0.1) is 24.7 Å². The van der Waals surface area contributed by atoms with Gasteiger partial charge in [0.15, 0.2) is 5.69 Å². The fraction of sp³-hybridized carbons (Fsp3) is 0.154. The van der Waals surface area contributed by atoms with E-state index in [2.05, 4.69) is 4.98 Å². The fourth-order valence-corrected chi connectivity index (χ4v) is 3.78. The summed E-state index contributed by atoms with van der Waals surface area (Å²) in [7, 11) is 0. The van der Waals surface area contributed by atoms with Crippen molar-refractivity contribution in [1.29, 1.82) is 0 Å². The van der Waals surface area contributed by atoms with Crippen LogP contribution in [-0.4, -0.2) is 27.2 Å². The molecule has 31 heavy (non-hydrogen) atoms. The number of esters is 1. The number of hydrogen-bond acceptors (Lipinski definition) is 4. The van der Waals surface area contributed by atoms with Crippen LogP contribution in [0.25, 0.3) is 11.3 Å². The molecular formula is C26H24N2O3. The Labute approximate surface area is 181 Å². The van der Waals surface area contributed by atoms with Crippen LogP contribution < -0.4 is 0 Å².